The Balaban J connectivity index is 1.02. The first-order valence-corrected chi connectivity index (χ1v) is 26.9. The fourth-order valence-electron chi connectivity index (χ4n) is 15.5. The van der Waals surface area contributed by atoms with Gasteiger partial charge in [-0.2, -0.15) is 0 Å². The molecule has 6 fully saturated rings. The van der Waals surface area contributed by atoms with Crippen molar-refractivity contribution in [1.82, 2.24) is 35.6 Å². The number of likely N-dealkylation sites (tertiary alicyclic amines) is 2. The summed E-state index contributed by atoms with van der Waals surface area (Å²) in [4.78, 5) is 41.1. The summed E-state index contributed by atoms with van der Waals surface area (Å²) < 4.78 is 6.90. The van der Waals surface area contributed by atoms with Crippen molar-refractivity contribution >= 4 is 34.9 Å². The Morgan fingerprint density at radius 1 is 0.843 bits per heavy atom. The van der Waals surface area contributed by atoms with Gasteiger partial charge in [-0.3, -0.25) is 24.3 Å². The van der Waals surface area contributed by atoms with E-state index in [1.54, 1.807) is 0 Å². The number of carbonyl (C=O) groups excluding carboxylic acids is 2. The topological polar surface area (TPSA) is 113 Å². The van der Waals surface area contributed by atoms with Crippen LogP contribution in [-0.2, 0) is 30.7 Å². The van der Waals surface area contributed by atoms with Gasteiger partial charge < -0.3 is 30.7 Å². The van der Waals surface area contributed by atoms with Crippen LogP contribution in [0.1, 0.15) is 85.5 Å². The summed E-state index contributed by atoms with van der Waals surface area (Å²) in [6, 6.07) is 30.1. The third-order valence-electron chi connectivity index (χ3n) is 18.8. The lowest BCUT2D eigenvalue weighted by atomic mass is 9.54. The second-order valence-corrected chi connectivity index (χ2v) is 22.9. The molecule has 0 aromatic heterocycles. The Morgan fingerprint density at radius 3 is 2.33 bits per heavy atom. The van der Waals surface area contributed by atoms with Crippen molar-refractivity contribution in [2.45, 2.75) is 139 Å². The van der Waals surface area contributed by atoms with Gasteiger partial charge in [0.2, 0.25) is 0 Å². The number of nitrogens with one attached hydrogen (secondary N) is 3. The van der Waals surface area contributed by atoms with Crippen LogP contribution in [0.5, 0.6) is 11.5 Å². The SMILES string of the molecule is CCC12C(=O)C34C5C[C@H](Cc6ccc(Cl)cc6)N(C)C3[C@@H](CO)NC4[C@H](C)N(Cc3ccc(Cl)cc3Oc3ccc4c(c3)C(=O)N(C3CCNCC3)C4)C1C[C@@H](Cc1ccccc1)C2N(C)[C@@H](C)CN5. The lowest BCUT2D eigenvalue weighted by Crippen LogP contribution is -2.73. The second kappa shape index (κ2) is 19.2. The van der Waals surface area contributed by atoms with Gasteiger partial charge in [0, 0.05) is 101 Å². The zero-order chi connectivity index (χ0) is 48.6. The highest BCUT2D eigenvalue weighted by Gasteiger charge is 2.77. The Labute approximate surface area is 424 Å². The first kappa shape index (κ1) is 48.4. The fraction of sp³-hybridized carbons (Fsp3) is 0.544. The number of piperidine rings is 2. The van der Waals surface area contributed by atoms with Gasteiger partial charge in [0.1, 0.15) is 11.5 Å². The first-order valence-electron chi connectivity index (χ1n) is 26.1. The molecule has 2 bridgehead atoms. The zero-order valence-electron chi connectivity index (χ0n) is 41.4. The van der Waals surface area contributed by atoms with Crippen LogP contribution in [0.25, 0.3) is 0 Å². The maximum atomic E-state index is 17.4. The molecule has 11 nitrogen and oxygen atoms in total. The van der Waals surface area contributed by atoms with E-state index in [4.69, 9.17) is 27.9 Å². The number of halogens is 2. The number of Topliss-reactive ketones (excluding diaryl/α,β-unsaturated/α-hetero) is 1. The molecule has 11 rings (SSSR count). The maximum absolute atomic E-state index is 17.4. The molecule has 1 amide bonds. The van der Waals surface area contributed by atoms with Crippen molar-refractivity contribution < 1.29 is 19.4 Å². The predicted molar refractivity (Wildman–Crippen MR) is 277 cm³/mol. The van der Waals surface area contributed by atoms with Gasteiger partial charge in [-0.15, -0.1) is 0 Å². The number of aliphatic hydroxyl groups is 1. The van der Waals surface area contributed by atoms with Crippen molar-refractivity contribution in [2.24, 2.45) is 16.7 Å². The predicted octanol–water partition coefficient (Wildman–Crippen LogP) is 7.59. The lowest BCUT2D eigenvalue weighted by molar-refractivity contribution is -0.154. The molecule has 13 heteroatoms. The highest BCUT2D eigenvalue weighted by molar-refractivity contribution is 6.31. The van der Waals surface area contributed by atoms with E-state index in [0.29, 0.717) is 52.4 Å². The molecular weight excluding hydrogens is 918 g/mol. The number of amides is 1. The van der Waals surface area contributed by atoms with Gasteiger partial charge in [-0.25, -0.2) is 0 Å². The Bertz CT molecular complexity index is 2580. The van der Waals surface area contributed by atoms with E-state index in [1.807, 2.05) is 47.4 Å². The molecule has 4 aromatic rings. The van der Waals surface area contributed by atoms with E-state index in [9.17, 15) is 9.90 Å². The van der Waals surface area contributed by atoms with E-state index in [0.717, 1.165) is 69.3 Å². The number of aliphatic hydroxyl groups excluding tert-OH is 1. The van der Waals surface area contributed by atoms with E-state index in [-0.39, 0.29) is 78.9 Å². The summed E-state index contributed by atoms with van der Waals surface area (Å²) in [7, 11) is 4.49. The molecule has 6 heterocycles. The Kier molecular flexibility index (Phi) is 13.3. The molecule has 7 unspecified atom stereocenters. The number of rotatable bonds is 11. The number of fused-ring (bicyclic) bond motifs is 1. The van der Waals surface area contributed by atoms with E-state index >= 15 is 4.79 Å². The van der Waals surface area contributed by atoms with Crippen molar-refractivity contribution in [3.63, 3.8) is 0 Å². The van der Waals surface area contributed by atoms with Crippen LogP contribution >= 0.6 is 23.2 Å². The van der Waals surface area contributed by atoms with Crippen LogP contribution in [0, 0.1) is 16.7 Å². The highest BCUT2D eigenvalue weighted by Crippen LogP contribution is 2.63. The molecule has 4 aromatic carbocycles. The summed E-state index contributed by atoms with van der Waals surface area (Å²) in [6.07, 6.45) is 5.92. The van der Waals surface area contributed by atoms with Gasteiger partial charge >= 0.3 is 0 Å². The normalized spacial score (nSPS) is 34.7. The second-order valence-electron chi connectivity index (χ2n) is 22.0. The van der Waals surface area contributed by atoms with Crippen LogP contribution in [0.15, 0.2) is 91.0 Å². The van der Waals surface area contributed by atoms with Crippen LogP contribution in [-0.4, -0.2) is 137 Å². The number of ether oxygens (including phenoxy) is 1. The molecule has 5 saturated heterocycles. The number of hydrogen-bond acceptors (Lipinski definition) is 10. The third kappa shape index (κ3) is 7.87. The van der Waals surface area contributed by atoms with Crippen molar-refractivity contribution in [1.29, 1.82) is 0 Å². The zero-order valence-corrected chi connectivity index (χ0v) is 42.9. The number of likely N-dealkylation sites (N-methyl/N-ethyl adjacent to an activating group) is 2. The molecular formula is C57H71Cl2N7O4. The summed E-state index contributed by atoms with van der Waals surface area (Å²) >= 11 is 13.2. The molecule has 1 saturated carbocycles. The van der Waals surface area contributed by atoms with Crippen LogP contribution in [0.3, 0.4) is 0 Å². The number of nitrogens with zero attached hydrogens (tertiary/aromatic N) is 4. The molecule has 7 aliphatic rings. The van der Waals surface area contributed by atoms with Gasteiger partial charge in [0.25, 0.3) is 5.91 Å². The highest BCUT2D eigenvalue weighted by atomic mass is 35.5. The summed E-state index contributed by atoms with van der Waals surface area (Å²) in [5.41, 5.74) is 3.57. The average Bonchev–Trinajstić information content (AvgIpc) is 4.01. The minimum atomic E-state index is -0.871. The molecule has 70 heavy (non-hydrogen) atoms. The van der Waals surface area contributed by atoms with Crippen molar-refractivity contribution in [2.75, 3.05) is 40.3 Å². The summed E-state index contributed by atoms with van der Waals surface area (Å²) in [5.74, 6) is 1.86. The molecule has 372 valence electrons. The lowest BCUT2D eigenvalue weighted by Gasteiger charge is -2.57. The number of ketones is 1. The maximum Gasteiger partial charge on any atom is 0.254 e. The molecule has 4 N–H and O–H groups in total. The van der Waals surface area contributed by atoms with Crippen LogP contribution in [0.4, 0.5) is 0 Å². The van der Waals surface area contributed by atoms with Gasteiger partial charge in [-0.1, -0.05) is 84.7 Å². The molecule has 0 radical (unpaired) electrons. The molecule has 6 aliphatic heterocycles. The Morgan fingerprint density at radius 2 is 1.59 bits per heavy atom. The summed E-state index contributed by atoms with van der Waals surface area (Å²) in [5, 5.41) is 24.5. The van der Waals surface area contributed by atoms with Crippen molar-refractivity contribution in [3.8, 4) is 11.5 Å². The monoisotopic (exact) mass is 987 g/mol. The molecule has 12 atom stereocenters. The first-order chi connectivity index (χ1) is 33.9. The number of hydrogen-bond donors (Lipinski definition) is 4. The number of benzene rings is 4. The standard InChI is InChI=1S/C57H71Cl2N7O4/c1-6-56-50-26-40(24-36-10-8-7-9-11-36)52(56)63(4)34(2)30-61-49-28-44(25-37-12-16-41(58)17-13-37)64(5)53-47(33-67)62-51(57(49,53)55(56)69)35(3)65(50)32-39-14-18-42(59)27-48(39)70-45-19-15-38-31-66(54(68)46(38)29-45)43-20-22-60-23-21-43/h7-19,27,29,34-35,40,43-44,47,49-53,60-62,67H,6,20-26,28,30-33H2,1-5H3/t34-,35-,40+,44-,47+,49?,50?,51?,52?,53?,56?,57?/m0/s1. The van der Waals surface area contributed by atoms with E-state index < -0.39 is 10.8 Å². The number of carbonyl (C=O) groups is 2. The summed E-state index contributed by atoms with van der Waals surface area (Å²) in [6.45, 7) is 10.6. The van der Waals surface area contributed by atoms with Crippen LogP contribution in [0.2, 0.25) is 10.0 Å². The van der Waals surface area contributed by atoms with Gasteiger partial charge in [0.05, 0.1) is 17.4 Å². The largest absolute Gasteiger partial charge is 0.457 e. The van der Waals surface area contributed by atoms with Gasteiger partial charge in [0.15, 0.2) is 5.78 Å². The van der Waals surface area contributed by atoms with Crippen LogP contribution < -0.4 is 20.7 Å². The molecule has 1 spiro atoms. The van der Waals surface area contributed by atoms with Crippen molar-refractivity contribution in [3.05, 3.63) is 129 Å². The molecule has 1 aliphatic carbocycles. The van der Waals surface area contributed by atoms with Gasteiger partial charge in [-0.05, 0) is 145 Å². The smallest absolute Gasteiger partial charge is 0.254 e. The fourth-order valence-corrected chi connectivity index (χ4v) is 15.8. The average molecular weight is 989 g/mol. The van der Waals surface area contributed by atoms with E-state index in [2.05, 4.69) is 114 Å². The minimum absolute atomic E-state index is 0.0474. The Hall–Kier alpha value is -3.88. The third-order valence-corrected chi connectivity index (χ3v) is 19.3. The quantitative estimate of drug-likeness (QED) is 0.120. The van der Waals surface area contributed by atoms with E-state index in [1.165, 1.54) is 11.1 Å². The minimum Gasteiger partial charge on any atom is -0.457 e.